The summed E-state index contributed by atoms with van der Waals surface area (Å²) in [5.41, 5.74) is 0.349. The van der Waals surface area contributed by atoms with E-state index in [4.69, 9.17) is 4.74 Å². The highest BCUT2D eigenvalue weighted by Crippen LogP contribution is 2.46. The molecule has 4 unspecified atom stereocenters. The zero-order valence-corrected chi connectivity index (χ0v) is 12.4. The van der Waals surface area contributed by atoms with Crippen molar-refractivity contribution in [3.63, 3.8) is 0 Å². The fourth-order valence-electron chi connectivity index (χ4n) is 2.97. The lowest BCUT2D eigenvalue weighted by atomic mass is 9.61. The summed E-state index contributed by atoms with van der Waals surface area (Å²) in [5.74, 6) is 0.708. The number of rotatable bonds is 8. The molecule has 0 spiro atoms. The molecule has 1 fully saturated rings. The Morgan fingerprint density at radius 3 is 2.59 bits per heavy atom. The maximum absolute atomic E-state index is 6.14. The maximum Gasteiger partial charge on any atom is 0.0658 e. The van der Waals surface area contributed by atoms with Gasteiger partial charge in [-0.25, -0.2) is 0 Å². The Kier molecular flexibility index (Phi) is 5.94. The molecule has 4 atom stereocenters. The van der Waals surface area contributed by atoms with Crippen molar-refractivity contribution in [3.05, 3.63) is 0 Å². The summed E-state index contributed by atoms with van der Waals surface area (Å²) in [4.78, 5) is 0. The van der Waals surface area contributed by atoms with Crippen LogP contribution in [0.3, 0.4) is 0 Å². The van der Waals surface area contributed by atoms with Gasteiger partial charge in [0, 0.05) is 18.1 Å². The van der Waals surface area contributed by atoms with Crippen molar-refractivity contribution in [2.24, 2.45) is 11.3 Å². The van der Waals surface area contributed by atoms with Crippen LogP contribution < -0.4 is 5.32 Å². The van der Waals surface area contributed by atoms with Crippen LogP contribution in [0.4, 0.5) is 0 Å². The molecule has 0 amide bonds. The van der Waals surface area contributed by atoms with E-state index in [1.165, 1.54) is 25.7 Å². The highest BCUT2D eigenvalue weighted by molar-refractivity contribution is 5.04. The average Bonchev–Trinajstić information content (AvgIpc) is 2.32. The molecule has 1 N–H and O–H groups in total. The van der Waals surface area contributed by atoms with Crippen molar-refractivity contribution in [1.29, 1.82) is 0 Å². The van der Waals surface area contributed by atoms with E-state index in [0.717, 1.165) is 13.2 Å². The Morgan fingerprint density at radius 1 is 1.35 bits per heavy atom. The van der Waals surface area contributed by atoms with Crippen LogP contribution in [0.25, 0.3) is 0 Å². The molecule has 102 valence electrons. The van der Waals surface area contributed by atoms with Crippen molar-refractivity contribution in [2.75, 3.05) is 13.2 Å². The molecule has 1 rings (SSSR count). The van der Waals surface area contributed by atoms with Gasteiger partial charge in [0.2, 0.25) is 0 Å². The standard InChI is InChI=1S/C15H31NO/c1-6-9-12(4)11-17-14-10-13(16-8-3)15(14,5)7-2/h12-14,16H,6-11H2,1-5H3. The lowest BCUT2D eigenvalue weighted by Crippen LogP contribution is -2.62. The highest BCUT2D eigenvalue weighted by Gasteiger charge is 2.50. The van der Waals surface area contributed by atoms with Crippen LogP contribution in [0.2, 0.25) is 0 Å². The van der Waals surface area contributed by atoms with Crippen LogP contribution >= 0.6 is 0 Å². The SMILES string of the molecule is CCCC(C)COC1CC(NCC)C1(C)CC. The lowest BCUT2D eigenvalue weighted by molar-refractivity contribution is -0.135. The first-order valence-electron chi connectivity index (χ1n) is 7.43. The molecule has 0 heterocycles. The number of hydrogen-bond donors (Lipinski definition) is 1. The third kappa shape index (κ3) is 3.45. The molecule has 0 radical (unpaired) electrons. The van der Waals surface area contributed by atoms with Crippen LogP contribution in [-0.4, -0.2) is 25.3 Å². The van der Waals surface area contributed by atoms with E-state index in [1.54, 1.807) is 0 Å². The van der Waals surface area contributed by atoms with Gasteiger partial charge in [0.25, 0.3) is 0 Å². The molecule has 1 aliphatic rings. The Labute approximate surface area is 108 Å². The van der Waals surface area contributed by atoms with E-state index in [-0.39, 0.29) is 0 Å². The van der Waals surface area contributed by atoms with Gasteiger partial charge in [-0.3, -0.25) is 0 Å². The average molecular weight is 241 g/mol. The largest absolute Gasteiger partial charge is 0.377 e. The maximum atomic E-state index is 6.14. The molecule has 2 heteroatoms. The van der Waals surface area contributed by atoms with Gasteiger partial charge in [-0.1, -0.05) is 41.0 Å². The molecule has 1 aliphatic carbocycles. The molecule has 0 aromatic heterocycles. The first-order valence-corrected chi connectivity index (χ1v) is 7.43. The van der Waals surface area contributed by atoms with E-state index in [1.807, 2.05) is 0 Å². The zero-order chi connectivity index (χ0) is 12.9. The van der Waals surface area contributed by atoms with Crippen molar-refractivity contribution < 1.29 is 4.74 Å². The molecule has 0 aromatic carbocycles. The third-order valence-corrected chi connectivity index (χ3v) is 4.56. The summed E-state index contributed by atoms with van der Waals surface area (Å²) in [6, 6.07) is 0.656. The molecule has 0 bridgehead atoms. The Balaban J connectivity index is 2.35. The van der Waals surface area contributed by atoms with Gasteiger partial charge in [-0.2, -0.15) is 0 Å². The monoisotopic (exact) mass is 241 g/mol. The molecule has 1 saturated carbocycles. The number of hydrogen-bond acceptors (Lipinski definition) is 2. The Hall–Kier alpha value is -0.0800. The number of nitrogens with one attached hydrogen (secondary N) is 1. The van der Waals surface area contributed by atoms with E-state index < -0.39 is 0 Å². The van der Waals surface area contributed by atoms with Crippen LogP contribution in [-0.2, 0) is 4.74 Å². The topological polar surface area (TPSA) is 21.3 Å². The minimum Gasteiger partial charge on any atom is -0.377 e. The Morgan fingerprint density at radius 2 is 2.06 bits per heavy atom. The van der Waals surface area contributed by atoms with E-state index >= 15 is 0 Å². The quantitative estimate of drug-likeness (QED) is 0.701. The van der Waals surface area contributed by atoms with Crippen LogP contribution in [0.1, 0.15) is 60.3 Å². The second-order valence-electron chi connectivity index (χ2n) is 5.92. The van der Waals surface area contributed by atoms with Crippen LogP contribution in [0.15, 0.2) is 0 Å². The van der Waals surface area contributed by atoms with Crippen molar-refractivity contribution in [2.45, 2.75) is 72.4 Å². The normalized spacial score (nSPS) is 34.4. The molecule has 2 nitrogen and oxygen atoms in total. The van der Waals surface area contributed by atoms with Gasteiger partial charge < -0.3 is 10.1 Å². The minimum atomic E-state index is 0.349. The molecular formula is C15H31NO. The van der Waals surface area contributed by atoms with Gasteiger partial charge in [0.1, 0.15) is 0 Å². The second-order valence-corrected chi connectivity index (χ2v) is 5.92. The van der Waals surface area contributed by atoms with E-state index in [0.29, 0.717) is 23.5 Å². The number of ether oxygens (including phenoxy) is 1. The summed E-state index contributed by atoms with van der Waals surface area (Å²) in [6.45, 7) is 13.4. The van der Waals surface area contributed by atoms with E-state index in [2.05, 4.69) is 39.9 Å². The summed E-state index contributed by atoms with van der Waals surface area (Å²) < 4.78 is 6.14. The molecule has 0 saturated heterocycles. The van der Waals surface area contributed by atoms with Gasteiger partial charge >= 0.3 is 0 Å². The fourth-order valence-corrected chi connectivity index (χ4v) is 2.97. The Bertz CT molecular complexity index is 219. The van der Waals surface area contributed by atoms with Gasteiger partial charge in [-0.05, 0) is 31.7 Å². The molecule has 17 heavy (non-hydrogen) atoms. The first-order chi connectivity index (χ1) is 8.08. The predicted octanol–water partition coefficient (Wildman–Crippen LogP) is 3.61. The highest BCUT2D eigenvalue weighted by atomic mass is 16.5. The van der Waals surface area contributed by atoms with Gasteiger partial charge in [0.05, 0.1) is 6.10 Å². The first kappa shape index (κ1) is 15.0. The smallest absolute Gasteiger partial charge is 0.0658 e. The van der Waals surface area contributed by atoms with Crippen LogP contribution in [0.5, 0.6) is 0 Å². The van der Waals surface area contributed by atoms with Gasteiger partial charge in [-0.15, -0.1) is 0 Å². The predicted molar refractivity (Wildman–Crippen MR) is 74.3 cm³/mol. The second kappa shape index (κ2) is 6.75. The summed E-state index contributed by atoms with van der Waals surface area (Å²) in [7, 11) is 0. The lowest BCUT2D eigenvalue weighted by Gasteiger charge is -2.54. The molecule has 0 aliphatic heterocycles. The summed E-state index contributed by atoms with van der Waals surface area (Å²) >= 11 is 0. The van der Waals surface area contributed by atoms with Gasteiger partial charge in [0.15, 0.2) is 0 Å². The minimum absolute atomic E-state index is 0.349. The fraction of sp³-hybridized carbons (Fsp3) is 1.00. The summed E-state index contributed by atoms with van der Waals surface area (Å²) in [6.07, 6.45) is 5.41. The van der Waals surface area contributed by atoms with Crippen molar-refractivity contribution >= 4 is 0 Å². The molecule has 0 aromatic rings. The van der Waals surface area contributed by atoms with E-state index in [9.17, 15) is 0 Å². The van der Waals surface area contributed by atoms with Crippen LogP contribution in [0, 0.1) is 11.3 Å². The van der Waals surface area contributed by atoms with Crippen molar-refractivity contribution in [1.82, 2.24) is 5.32 Å². The zero-order valence-electron chi connectivity index (χ0n) is 12.4. The van der Waals surface area contributed by atoms with Crippen molar-refractivity contribution in [3.8, 4) is 0 Å². The summed E-state index contributed by atoms with van der Waals surface area (Å²) in [5, 5.41) is 3.59. The molecular weight excluding hydrogens is 210 g/mol. The third-order valence-electron chi connectivity index (χ3n) is 4.56.